The van der Waals surface area contributed by atoms with E-state index in [9.17, 15) is 14.9 Å². The highest BCUT2D eigenvalue weighted by atomic mass is 16.6. The van der Waals surface area contributed by atoms with E-state index in [1.54, 1.807) is 12.1 Å². The SMILES string of the molecule is CCc1ccc(OCC(=O)Nc2ccc([N+](=O)[O-])cc2OC)cc1. The van der Waals surface area contributed by atoms with Crippen LogP contribution < -0.4 is 14.8 Å². The maximum Gasteiger partial charge on any atom is 0.273 e. The molecule has 2 aromatic carbocycles. The number of aryl methyl sites for hydroxylation is 1. The molecule has 7 heteroatoms. The van der Waals surface area contributed by atoms with E-state index in [0.29, 0.717) is 11.4 Å². The third-order valence-electron chi connectivity index (χ3n) is 3.37. The van der Waals surface area contributed by atoms with Crippen LogP contribution >= 0.6 is 0 Å². The second-order valence-corrected chi connectivity index (χ2v) is 4.98. The smallest absolute Gasteiger partial charge is 0.273 e. The first-order valence-electron chi connectivity index (χ1n) is 7.37. The van der Waals surface area contributed by atoms with Crippen molar-refractivity contribution in [1.82, 2.24) is 0 Å². The summed E-state index contributed by atoms with van der Waals surface area (Å²) in [5.74, 6) is 0.421. The summed E-state index contributed by atoms with van der Waals surface area (Å²) in [6.45, 7) is 1.88. The van der Waals surface area contributed by atoms with E-state index in [4.69, 9.17) is 9.47 Å². The molecule has 1 N–H and O–H groups in total. The second-order valence-electron chi connectivity index (χ2n) is 4.98. The van der Waals surface area contributed by atoms with Crippen LogP contribution in [-0.2, 0) is 11.2 Å². The Hall–Kier alpha value is -3.09. The van der Waals surface area contributed by atoms with Crippen molar-refractivity contribution >= 4 is 17.3 Å². The van der Waals surface area contributed by atoms with Crippen LogP contribution in [0.3, 0.4) is 0 Å². The van der Waals surface area contributed by atoms with Gasteiger partial charge < -0.3 is 14.8 Å². The van der Waals surface area contributed by atoms with E-state index < -0.39 is 4.92 Å². The number of amides is 1. The Morgan fingerprint density at radius 2 is 1.92 bits per heavy atom. The summed E-state index contributed by atoms with van der Waals surface area (Å²) < 4.78 is 10.5. The lowest BCUT2D eigenvalue weighted by atomic mass is 10.2. The lowest BCUT2D eigenvalue weighted by Crippen LogP contribution is -2.20. The molecule has 0 saturated heterocycles. The molecular formula is C17H18N2O5. The van der Waals surface area contributed by atoms with Crippen LogP contribution in [0.2, 0.25) is 0 Å². The molecule has 0 spiro atoms. The number of hydrogen-bond acceptors (Lipinski definition) is 5. The fourth-order valence-corrected chi connectivity index (χ4v) is 2.05. The molecular weight excluding hydrogens is 312 g/mol. The number of anilines is 1. The number of rotatable bonds is 7. The predicted molar refractivity (Wildman–Crippen MR) is 89.6 cm³/mol. The van der Waals surface area contributed by atoms with Gasteiger partial charge in [0, 0.05) is 6.07 Å². The molecule has 0 bridgehead atoms. The monoisotopic (exact) mass is 330 g/mol. The molecule has 0 aromatic heterocycles. The summed E-state index contributed by atoms with van der Waals surface area (Å²) in [5.41, 5.74) is 1.41. The summed E-state index contributed by atoms with van der Waals surface area (Å²) >= 11 is 0. The van der Waals surface area contributed by atoms with Crippen molar-refractivity contribution in [2.75, 3.05) is 19.0 Å². The van der Waals surface area contributed by atoms with Gasteiger partial charge in [0.2, 0.25) is 0 Å². The second kappa shape index (κ2) is 7.96. The number of hydrogen-bond donors (Lipinski definition) is 1. The van der Waals surface area contributed by atoms with Crippen LogP contribution in [0, 0.1) is 10.1 Å². The Morgan fingerprint density at radius 1 is 1.21 bits per heavy atom. The molecule has 0 unspecified atom stereocenters. The summed E-state index contributed by atoms with van der Waals surface area (Å²) in [6.07, 6.45) is 0.931. The van der Waals surface area contributed by atoms with Crippen LogP contribution in [0.25, 0.3) is 0 Å². The molecule has 0 heterocycles. The van der Waals surface area contributed by atoms with Gasteiger partial charge in [-0.3, -0.25) is 14.9 Å². The number of ether oxygens (including phenoxy) is 2. The minimum atomic E-state index is -0.531. The first kappa shape index (κ1) is 17.3. The van der Waals surface area contributed by atoms with Crippen molar-refractivity contribution in [2.24, 2.45) is 0 Å². The maximum absolute atomic E-state index is 12.0. The number of methoxy groups -OCH3 is 1. The van der Waals surface area contributed by atoms with Gasteiger partial charge in [0.1, 0.15) is 11.5 Å². The van der Waals surface area contributed by atoms with E-state index in [2.05, 4.69) is 12.2 Å². The molecule has 0 aliphatic heterocycles. The molecule has 2 rings (SSSR count). The third-order valence-corrected chi connectivity index (χ3v) is 3.37. The topological polar surface area (TPSA) is 90.7 Å². The van der Waals surface area contributed by atoms with Gasteiger partial charge in [-0.15, -0.1) is 0 Å². The van der Waals surface area contributed by atoms with E-state index in [1.165, 1.54) is 30.9 Å². The molecule has 24 heavy (non-hydrogen) atoms. The Bertz CT molecular complexity index is 728. The Morgan fingerprint density at radius 3 is 2.50 bits per heavy atom. The van der Waals surface area contributed by atoms with E-state index >= 15 is 0 Å². The molecule has 126 valence electrons. The zero-order valence-corrected chi connectivity index (χ0v) is 13.4. The van der Waals surface area contributed by atoms with Gasteiger partial charge >= 0.3 is 0 Å². The quantitative estimate of drug-likeness (QED) is 0.622. The third kappa shape index (κ3) is 4.45. The number of carbonyl (C=O) groups excluding carboxylic acids is 1. The van der Waals surface area contributed by atoms with Gasteiger partial charge in [-0.2, -0.15) is 0 Å². The van der Waals surface area contributed by atoms with Gasteiger partial charge in [-0.25, -0.2) is 0 Å². The van der Waals surface area contributed by atoms with Crippen molar-refractivity contribution in [3.05, 3.63) is 58.1 Å². The van der Waals surface area contributed by atoms with Gasteiger partial charge in [0.25, 0.3) is 11.6 Å². The summed E-state index contributed by atoms with van der Waals surface area (Å²) in [4.78, 5) is 22.2. The zero-order chi connectivity index (χ0) is 17.5. The van der Waals surface area contributed by atoms with Crippen molar-refractivity contribution in [3.63, 3.8) is 0 Å². The molecule has 2 aromatic rings. The van der Waals surface area contributed by atoms with Crippen molar-refractivity contribution < 1.29 is 19.2 Å². The summed E-state index contributed by atoms with van der Waals surface area (Å²) in [5, 5.41) is 13.4. The van der Waals surface area contributed by atoms with Crippen molar-refractivity contribution in [3.8, 4) is 11.5 Å². The summed E-state index contributed by atoms with van der Waals surface area (Å²) in [6, 6.07) is 11.4. The van der Waals surface area contributed by atoms with Crippen LogP contribution in [-0.4, -0.2) is 24.5 Å². The number of non-ortho nitro benzene ring substituents is 1. The number of nitrogens with one attached hydrogen (secondary N) is 1. The molecule has 0 aliphatic rings. The van der Waals surface area contributed by atoms with Gasteiger partial charge in [-0.1, -0.05) is 19.1 Å². The van der Waals surface area contributed by atoms with Gasteiger partial charge in [0.15, 0.2) is 6.61 Å². The minimum absolute atomic E-state index is 0.114. The molecule has 0 atom stereocenters. The van der Waals surface area contributed by atoms with E-state index in [0.717, 1.165) is 6.42 Å². The van der Waals surface area contributed by atoms with E-state index in [-0.39, 0.29) is 24.0 Å². The van der Waals surface area contributed by atoms with Crippen molar-refractivity contribution in [1.29, 1.82) is 0 Å². The Kier molecular flexibility index (Phi) is 5.73. The van der Waals surface area contributed by atoms with Gasteiger partial charge in [0.05, 0.1) is 23.8 Å². The molecule has 1 amide bonds. The van der Waals surface area contributed by atoms with Crippen LogP contribution in [0.1, 0.15) is 12.5 Å². The molecule has 0 saturated carbocycles. The lowest BCUT2D eigenvalue weighted by molar-refractivity contribution is -0.384. The Balaban J connectivity index is 1.97. The average molecular weight is 330 g/mol. The molecule has 0 radical (unpaired) electrons. The average Bonchev–Trinajstić information content (AvgIpc) is 2.60. The first-order valence-corrected chi connectivity index (χ1v) is 7.37. The number of nitro groups is 1. The fourth-order valence-electron chi connectivity index (χ4n) is 2.05. The number of benzene rings is 2. The van der Waals surface area contributed by atoms with Crippen LogP contribution in [0.5, 0.6) is 11.5 Å². The largest absolute Gasteiger partial charge is 0.494 e. The maximum atomic E-state index is 12.0. The highest BCUT2D eigenvalue weighted by Gasteiger charge is 2.13. The minimum Gasteiger partial charge on any atom is -0.494 e. The normalized spacial score (nSPS) is 10.1. The molecule has 0 fully saturated rings. The lowest BCUT2D eigenvalue weighted by Gasteiger charge is -2.11. The van der Waals surface area contributed by atoms with Crippen LogP contribution in [0.4, 0.5) is 11.4 Å². The molecule has 0 aliphatic carbocycles. The Labute approximate surface area is 139 Å². The molecule has 7 nitrogen and oxygen atoms in total. The first-order chi connectivity index (χ1) is 11.5. The number of nitro benzene ring substituents is 1. The highest BCUT2D eigenvalue weighted by molar-refractivity contribution is 5.93. The van der Waals surface area contributed by atoms with Crippen LogP contribution in [0.15, 0.2) is 42.5 Å². The predicted octanol–water partition coefficient (Wildman–Crippen LogP) is 3.18. The number of carbonyl (C=O) groups is 1. The summed E-state index contributed by atoms with van der Waals surface area (Å²) in [7, 11) is 1.38. The highest BCUT2D eigenvalue weighted by Crippen LogP contribution is 2.28. The van der Waals surface area contributed by atoms with Crippen molar-refractivity contribution in [2.45, 2.75) is 13.3 Å². The fraction of sp³-hybridized carbons (Fsp3) is 0.235. The van der Waals surface area contributed by atoms with E-state index in [1.807, 2.05) is 12.1 Å². The standard InChI is InChI=1S/C17H18N2O5/c1-3-12-4-7-14(8-5-12)24-11-17(20)18-15-9-6-13(19(21)22)10-16(15)23-2/h4-10H,3,11H2,1-2H3,(H,18,20). The van der Waals surface area contributed by atoms with Gasteiger partial charge in [-0.05, 0) is 30.2 Å². The number of nitrogens with zero attached hydrogens (tertiary/aromatic N) is 1. The zero-order valence-electron chi connectivity index (χ0n) is 13.4.